The number of hydrogen-bond donors (Lipinski definition) is 0. The molecule has 236 valence electrons. The Kier molecular flexibility index (Phi) is 12.1. The summed E-state index contributed by atoms with van der Waals surface area (Å²) in [6.45, 7) is 5.92. The molecule has 0 aromatic heterocycles. The SMILES string of the molecule is CC(=O)N(C)C1(c2ccccc2)CCN(CCCC2(c3ccc(Cl)c(Cl)c3)CCCN(C(=O)c3ccc(I)cc3)C2)CC1.Cl. The maximum atomic E-state index is 13.6. The third kappa shape index (κ3) is 7.58. The van der Waals surface area contributed by atoms with E-state index in [2.05, 4.69) is 57.8 Å². The molecule has 2 aliphatic rings. The van der Waals surface area contributed by atoms with Gasteiger partial charge in [0.2, 0.25) is 5.91 Å². The van der Waals surface area contributed by atoms with Gasteiger partial charge in [0.05, 0.1) is 15.6 Å². The summed E-state index contributed by atoms with van der Waals surface area (Å²) in [6, 6.07) is 24.3. The van der Waals surface area contributed by atoms with Gasteiger partial charge in [-0.1, -0.05) is 59.6 Å². The Labute approximate surface area is 291 Å². The standard InChI is InChI=1S/C35H40Cl2IN3O2.ClH/c1-26(42)39(2)35(28-8-4-3-5-9-28)18-22-40(23-19-35)20-6-16-34(29-12-15-31(36)32(37)24-29)17-7-21-41(25-34)33(43)27-10-13-30(38)14-11-27;/h3-5,8-15,24H,6-7,16-23,25H2,1-2H3;1H. The molecule has 5 nitrogen and oxygen atoms in total. The zero-order valence-electron chi connectivity index (χ0n) is 25.4. The highest BCUT2D eigenvalue weighted by atomic mass is 127. The van der Waals surface area contributed by atoms with Gasteiger partial charge in [-0.25, -0.2) is 0 Å². The summed E-state index contributed by atoms with van der Waals surface area (Å²) in [5.74, 6) is 0.186. The molecular weight excluding hydrogens is 728 g/mol. The molecule has 2 amide bonds. The molecule has 0 aliphatic carbocycles. The smallest absolute Gasteiger partial charge is 0.253 e. The first kappa shape index (κ1) is 35.0. The highest BCUT2D eigenvalue weighted by molar-refractivity contribution is 14.1. The predicted octanol–water partition coefficient (Wildman–Crippen LogP) is 8.44. The second-order valence-corrected chi connectivity index (χ2v) is 14.2. The average molecular weight is 769 g/mol. The largest absolute Gasteiger partial charge is 0.338 e. The number of carbonyl (C=O) groups excluding carboxylic acids is 2. The number of piperidine rings is 2. The van der Waals surface area contributed by atoms with Crippen molar-refractivity contribution in [3.8, 4) is 0 Å². The Morgan fingerprint density at radius 2 is 1.57 bits per heavy atom. The zero-order chi connectivity index (χ0) is 30.6. The van der Waals surface area contributed by atoms with E-state index in [-0.39, 0.29) is 35.2 Å². The van der Waals surface area contributed by atoms with Crippen LogP contribution in [-0.2, 0) is 15.7 Å². The number of rotatable bonds is 8. The van der Waals surface area contributed by atoms with E-state index in [9.17, 15) is 9.59 Å². The molecule has 2 aliphatic heterocycles. The first-order valence-corrected chi connectivity index (χ1v) is 17.0. The quantitative estimate of drug-likeness (QED) is 0.216. The molecule has 3 aromatic carbocycles. The molecule has 0 radical (unpaired) electrons. The Morgan fingerprint density at radius 1 is 0.886 bits per heavy atom. The molecule has 5 rings (SSSR count). The van der Waals surface area contributed by atoms with Crippen LogP contribution in [0.4, 0.5) is 0 Å². The lowest BCUT2D eigenvalue weighted by atomic mass is 9.70. The molecule has 2 heterocycles. The number of hydrogen-bond acceptors (Lipinski definition) is 3. The van der Waals surface area contributed by atoms with Crippen LogP contribution in [0.1, 0.15) is 66.9 Å². The van der Waals surface area contributed by atoms with Crippen molar-refractivity contribution in [3.05, 3.63) is 103 Å². The second-order valence-electron chi connectivity index (χ2n) is 12.2. The minimum atomic E-state index is -0.273. The molecule has 2 saturated heterocycles. The summed E-state index contributed by atoms with van der Waals surface area (Å²) in [7, 11) is 1.94. The topological polar surface area (TPSA) is 43.9 Å². The van der Waals surface area contributed by atoms with Gasteiger partial charge in [-0.05, 0) is 115 Å². The number of carbonyl (C=O) groups is 2. The van der Waals surface area contributed by atoms with Crippen LogP contribution in [0, 0.1) is 3.57 Å². The number of halogens is 4. The van der Waals surface area contributed by atoms with Gasteiger partial charge in [0.25, 0.3) is 5.91 Å². The molecule has 2 fully saturated rings. The minimum Gasteiger partial charge on any atom is -0.338 e. The van der Waals surface area contributed by atoms with Crippen LogP contribution >= 0.6 is 58.2 Å². The highest BCUT2D eigenvalue weighted by Gasteiger charge is 2.42. The van der Waals surface area contributed by atoms with Gasteiger partial charge in [0.1, 0.15) is 0 Å². The summed E-state index contributed by atoms with van der Waals surface area (Å²) in [5.41, 5.74) is 2.64. The highest BCUT2D eigenvalue weighted by Crippen LogP contribution is 2.42. The van der Waals surface area contributed by atoms with Crippen molar-refractivity contribution in [1.82, 2.24) is 14.7 Å². The van der Waals surface area contributed by atoms with E-state index in [1.54, 1.807) is 6.92 Å². The summed E-state index contributed by atoms with van der Waals surface area (Å²) in [5, 5.41) is 1.11. The molecular formula is C35H41Cl3IN3O2. The Bertz CT molecular complexity index is 1430. The fraction of sp³-hybridized carbons (Fsp3) is 0.429. The molecule has 0 saturated carbocycles. The minimum absolute atomic E-state index is 0. The van der Waals surface area contributed by atoms with Gasteiger partial charge in [-0.2, -0.15) is 0 Å². The molecule has 1 atom stereocenters. The fourth-order valence-electron chi connectivity index (χ4n) is 7.15. The van der Waals surface area contributed by atoms with Crippen LogP contribution in [0.5, 0.6) is 0 Å². The van der Waals surface area contributed by atoms with Gasteiger partial charge in [0.15, 0.2) is 0 Å². The molecule has 3 aromatic rings. The average Bonchev–Trinajstić information content (AvgIpc) is 3.03. The van der Waals surface area contributed by atoms with Gasteiger partial charge in [-0.3, -0.25) is 9.59 Å². The van der Waals surface area contributed by atoms with Gasteiger partial charge in [0, 0.05) is 54.7 Å². The number of benzene rings is 3. The first-order chi connectivity index (χ1) is 20.6. The lowest BCUT2D eigenvalue weighted by Gasteiger charge is -2.48. The summed E-state index contributed by atoms with van der Waals surface area (Å²) in [6.07, 6.45) is 5.72. The Hall–Kier alpha value is -1.84. The number of likely N-dealkylation sites (tertiary alicyclic amines) is 2. The van der Waals surface area contributed by atoms with E-state index in [0.717, 1.165) is 79.4 Å². The fourth-order valence-corrected chi connectivity index (χ4v) is 7.80. The first-order valence-electron chi connectivity index (χ1n) is 15.2. The molecule has 0 spiro atoms. The van der Waals surface area contributed by atoms with Crippen molar-refractivity contribution < 1.29 is 9.59 Å². The van der Waals surface area contributed by atoms with E-state index in [0.29, 0.717) is 16.6 Å². The normalized spacial score (nSPS) is 20.1. The molecule has 44 heavy (non-hydrogen) atoms. The van der Waals surface area contributed by atoms with E-state index in [1.165, 1.54) is 5.56 Å². The van der Waals surface area contributed by atoms with Crippen molar-refractivity contribution in [2.24, 2.45) is 0 Å². The van der Waals surface area contributed by atoms with E-state index in [4.69, 9.17) is 23.2 Å². The summed E-state index contributed by atoms with van der Waals surface area (Å²) in [4.78, 5) is 32.6. The Balaban J connectivity index is 0.00000442. The monoisotopic (exact) mass is 767 g/mol. The predicted molar refractivity (Wildman–Crippen MR) is 191 cm³/mol. The van der Waals surface area contributed by atoms with Crippen molar-refractivity contribution in [3.63, 3.8) is 0 Å². The summed E-state index contributed by atoms with van der Waals surface area (Å²) >= 11 is 15.1. The lowest BCUT2D eigenvalue weighted by Crippen LogP contribution is -2.53. The molecule has 9 heteroatoms. The van der Waals surface area contributed by atoms with Gasteiger partial charge >= 0.3 is 0 Å². The lowest BCUT2D eigenvalue weighted by molar-refractivity contribution is -0.136. The van der Waals surface area contributed by atoms with Crippen molar-refractivity contribution in [2.75, 3.05) is 39.8 Å². The summed E-state index contributed by atoms with van der Waals surface area (Å²) < 4.78 is 1.12. The zero-order valence-corrected chi connectivity index (χ0v) is 29.9. The van der Waals surface area contributed by atoms with Crippen molar-refractivity contribution in [2.45, 2.75) is 56.4 Å². The van der Waals surface area contributed by atoms with Crippen LogP contribution in [0.3, 0.4) is 0 Å². The maximum Gasteiger partial charge on any atom is 0.253 e. The van der Waals surface area contributed by atoms with Crippen LogP contribution in [0.25, 0.3) is 0 Å². The third-order valence-electron chi connectivity index (χ3n) is 9.73. The third-order valence-corrected chi connectivity index (χ3v) is 11.2. The van der Waals surface area contributed by atoms with Crippen LogP contribution in [0.15, 0.2) is 72.8 Å². The van der Waals surface area contributed by atoms with E-state index < -0.39 is 0 Å². The van der Waals surface area contributed by atoms with E-state index in [1.807, 2.05) is 59.3 Å². The molecule has 0 bridgehead atoms. The van der Waals surface area contributed by atoms with Gasteiger partial charge in [-0.15, -0.1) is 12.4 Å². The van der Waals surface area contributed by atoms with Crippen molar-refractivity contribution in [1.29, 1.82) is 0 Å². The maximum absolute atomic E-state index is 13.6. The number of amides is 2. The van der Waals surface area contributed by atoms with Crippen molar-refractivity contribution >= 4 is 70.0 Å². The van der Waals surface area contributed by atoms with E-state index >= 15 is 0 Å². The molecule has 1 unspecified atom stereocenters. The van der Waals surface area contributed by atoms with Crippen LogP contribution in [-0.4, -0.2) is 66.3 Å². The Morgan fingerprint density at radius 3 is 2.20 bits per heavy atom. The van der Waals surface area contributed by atoms with Crippen LogP contribution < -0.4 is 0 Å². The van der Waals surface area contributed by atoms with Gasteiger partial charge < -0.3 is 14.7 Å². The second kappa shape index (κ2) is 15.2. The van der Waals surface area contributed by atoms with Crippen LogP contribution in [0.2, 0.25) is 10.0 Å². The number of nitrogens with zero attached hydrogens (tertiary/aromatic N) is 3. The molecule has 0 N–H and O–H groups in total.